The molecule has 1 aromatic carbocycles. The van der Waals surface area contributed by atoms with Crippen LogP contribution in [0.25, 0.3) is 0 Å². The Morgan fingerprint density at radius 1 is 1.14 bits per heavy atom. The monoisotopic (exact) mass is 388 g/mol. The molecule has 0 saturated carbocycles. The Hall–Kier alpha value is -1.92. The number of epoxide rings is 1. The van der Waals surface area contributed by atoms with Gasteiger partial charge >= 0.3 is 11.9 Å². The fraction of sp³-hybridized carbons (Fsp3) is 0.636. The van der Waals surface area contributed by atoms with E-state index in [0.29, 0.717) is 30.9 Å². The highest BCUT2D eigenvalue weighted by Gasteiger charge is 2.70. The first kappa shape index (κ1) is 19.4. The number of fused-ring (bicyclic) bond motifs is 5. The average Bonchev–Trinajstić information content (AvgIpc) is 3.43. The van der Waals surface area contributed by atoms with Gasteiger partial charge in [-0.2, -0.15) is 0 Å². The molecule has 3 aliphatic rings. The van der Waals surface area contributed by atoms with E-state index in [2.05, 4.69) is 14.1 Å². The minimum Gasteiger partial charge on any atom is -0.466 e. The topological polar surface area (TPSA) is 65.1 Å². The summed E-state index contributed by atoms with van der Waals surface area (Å²) in [5.74, 6) is -1.31. The molecule has 0 aliphatic carbocycles. The Balaban J connectivity index is 1.43. The van der Waals surface area contributed by atoms with E-state index in [9.17, 15) is 9.59 Å². The van der Waals surface area contributed by atoms with Gasteiger partial charge in [-0.05, 0) is 12.0 Å². The summed E-state index contributed by atoms with van der Waals surface area (Å²) in [6.45, 7) is 2.32. The second-order valence-electron chi connectivity index (χ2n) is 8.75. The van der Waals surface area contributed by atoms with Gasteiger partial charge in [-0.25, -0.2) is 0 Å². The molecule has 0 N–H and O–H groups in total. The van der Waals surface area contributed by atoms with Crippen molar-refractivity contribution in [2.45, 2.75) is 68.9 Å². The smallest absolute Gasteiger partial charge is 0.314 e. The van der Waals surface area contributed by atoms with Crippen LogP contribution in [-0.2, 0) is 23.8 Å². The molecular weight excluding hydrogens is 358 g/mol. The van der Waals surface area contributed by atoms with E-state index in [1.807, 2.05) is 37.3 Å². The van der Waals surface area contributed by atoms with E-state index in [1.165, 1.54) is 0 Å². The second-order valence-corrected chi connectivity index (χ2v) is 8.75. The number of piperidine rings is 1. The molecular formula is C22H30NO5+. The number of likely N-dealkylation sites (N-methyl/N-ethyl adjacent to an activating group) is 1. The highest BCUT2D eigenvalue weighted by molar-refractivity contribution is 5.84. The van der Waals surface area contributed by atoms with E-state index in [0.717, 1.165) is 29.3 Å². The predicted molar refractivity (Wildman–Crippen MR) is 103 cm³/mol. The molecule has 1 unspecified atom stereocenters. The van der Waals surface area contributed by atoms with Crippen LogP contribution in [0.1, 0.15) is 44.1 Å². The van der Waals surface area contributed by atoms with Crippen LogP contribution in [0.5, 0.6) is 0 Å². The van der Waals surface area contributed by atoms with E-state index in [-0.39, 0.29) is 24.5 Å². The van der Waals surface area contributed by atoms with Crippen LogP contribution in [0.15, 0.2) is 30.3 Å². The number of morpholine rings is 1. The number of quaternary nitrogens is 1. The van der Waals surface area contributed by atoms with Gasteiger partial charge in [-0.3, -0.25) is 9.59 Å². The Morgan fingerprint density at radius 3 is 2.39 bits per heavy atom. The van der Waals surface area contributed by atoms with Gasteiger partial charge in [0, 0.05) is 12.8 Å². The molecule has 0 spiro atoms. The maximum Gasteiger partial charge on any atom is 0.314 e. The number of hydrogen-bond acceptors (Lipinski definition) is 5. The molecule has 0 aromatic heterocycles. The van der Waals surface area contributed by atoms with Crippen molar-refractivity contribution in [3.8, 4) is 0 Å². The quantitative estimate of drug-likeness (QED) is 0.408. The lowest BCUT2D eigenvalue weighted by molar-refractivity contribution is -0.938. The Bertz CT molecular complexity index is 714. The molecule has 3 aliphatic heterocycles. The van der Waals surface area contributed by atoms with Crippen LogP contribution in [0.4, 0.5) is 0 Å². The van der Waals surface area contributed by atoms with Crippen molar-refractivity contribution in [2.75, 3.05) is 20.7 Å². The number of ether oxygens (including phenoxy) is 3. The Labute approximate surface area is 166 Å². The Morgan fingerprint density at radius 2 is 1.79 bits per heavy atom. The van der Waals surface area contributed by atoms with Gasteiger partial charge in [-0.1, -0.05) is 37.3 Å². The molecule has 0 radical (unpaired) electrons. The molecule has 3 fully saturated rings. The van der Waals surface area contributed by atoms with Crippen LogP contribution in [-0.4, -0.2) is 67.5 Å². The number of benzene rings is 1. The molecule has 28 heavy (non-hydrogen) atoms. The summed E-state index contributed by atoms with van der Waals surface area (Å²) >= 11 is 0. The van der Waals surface area contributed by atoms with Crippen LogP contribution >= 0.6 is 0 Å². The number of nitrogens with zero attached hydrogens (tertiary/aromatic N) is 1. The van der Waals surface area contributed by atoms with Gasteiger partial charge in [0.25, 0.3) is 0 Å². The van der Waals surface area contributed by atoms with Crippen molar-refractivity contribution >= 4 is 11.9 Å². The molecule has 6 nitrogen and oxygen atoms in total. The zero-order valence-corrected chi connectivity index (χ0v) is 16.9. The number of carbonyl (C=O) groups excluding carboxylic acids is 2. The van der Waals surface area contributed by atoms with Crippen molar-refractivity contribution in [3.63, 3.8) is 0 Å². The maximum absolute atomic E-state index is 13.0. The highest BCUT2D eigenvalue weighted by atomic mass is 16.6. The highest BCUT2D eigenvalue weighted by Crippen LogP contribution is 2.51. The molecule has 3 saturated heterocycles. The number of esters is 2. The first-order chi connectivity index (χ1) is 13.4. The second kappa shape index (κ2) is 7.48. The lowest BCUT2D eigenvalue weighted by Crippen LogP contribution is -2.60. The van der Waals surface area contributed by atoms with Crippen molar-refractivity contribution in [2.24, 2.45) is 0 Å². The number of rotatable bonds is 7. The van der Waals surface area contributed by atoms with Crippen LogP contribution in [0, 0.1) is 0 Å². The van der Waals surface area contributed by atoms with Crippen LogP contribution < -0.4 is 0 Å². The summed E-state index contributed by atoms with van der Waals surface area (Å²) in [4.78, 5) is 25.2. The van der Waals surface area contributed by atoms with Crippen LogP contribution in [0.3, 0.4) is 0 Å². The van der Waals surface area contributed by atoms with E-state index in [1.54, 1.807) is 0 Å². The summed E-state index contributed by atoms with van der Waals surface area (Å²) in [7, 11) is 4.50. The summed E-state index contributed by atoms with van der Waals surface area (Å²) in [6.07, 6.45) is 2.93. The molecule has 4 rings (SSSR count). The van der Waals surface area contributed by atoms with Crippen molar-refractivity contribution < 1.29 is 28.3 Å². The molecule has 6 atom stereocenters. The third-order valence-corrected chi connectivity index (χ3v) is 6.65. The predicted octanol–water partition coefficient (Wildman–Crippen LogP) is 2.41. The van der Waals surface area contributed by atoms with E-state index in [4.69, 9.17) is 14.2 Å². The van der Waals surface area contributed by atoms with Gasteiger partial charge in [0.2, 0.25) is 0 Å². The molecule has 2 bridgehead atoms. The first-order valence-electron chi connectivity index (χ1n) is 10.3. The summed E-state index contributed by atoms with van der Waals surface area (Å²) in [6, 6.07) is 10.1. The number of carbonyl (C=O) groups is 2. The maximum atomic E-state index is 13.0. The number of hydrogen-bond donors (Lipinski definition) is 0. The van der Waals surface area contributed by atoms with Gasteiger partial charge in [-0.15, -0.1) is 0 Å². The van der Waals surface area contributed by atoms with E-state index >= 15 is 0 Å². The van der Waals surface area contributed by atoms with Crippen molar-refractivity contribution in [3.05, 3.63) is 35.9 Å². The first-order valence-corrected chi connectivity index (χ1v) is 10.3. The van der Waals surface area contributed by atoms with Gasteiger partial charge in [0.05, 0.1) is 33.0 Å². The lowest BCUT2D eigenvalue weighted by atomic mass is 9.94. The third kappa shape index (κ3) is 3.55. The zero-order chi connectivity index (χ0) is 19.9. The van der Waals surface area contributed by atoms with Gasteiger partial charge < -0.3 is 18.7 Å². The molecule has 3 heterocycles. The Kier molecular flexibility index (Phi) is 5.19. The molecule has 6 heteroatoms. The van der Waals surface area contributed by atoms with Crippen molar-refractivity contribution in [1.29, 1.82) is 0 Å². The lowest BCUT2D eigenvalue weighted by Gasteiger charge is -2.45. The molecule has 152 valence electrons. The van der Waals surface area contributed by atoms with Crippen LogP contribution in [0.2, 0.25) is 0 Å². The normalized spacial score (nSPS) is 32.9. The summed E-state index contributed by atoms with van der Waals surface area (Å²) in [5.41, 5.74) is 0.794. The SMILES string of the molecule is CCCOC(=O)C[C@H](C(=O)OC1C[C@@H]2[C@H]3O[C@H]3[C@H](C1)[N+]2(C)C)c1ccccc1. The van der Waals surface area contributed by atoms with Crippen molar-refractivity contribution in [1.82, 2.24) is 0 Å². The average molecular weight is 388 g/mol. The minimum absolute atomic E-state index is 0.0122. The van der Waals surface area contributed by atoms with E-state index < -0.39 is 5.92 Å². The standard InChI is InChI=1S/C22H30NO5/c1-4-10-26-19(24)13-16(14-8-6-5-7-9-14)22(25)27-15-11-17-20-21(28-20)18(12-15)23(17,2)3/h5-9,15-18,20-21H,4,10-13H2,1-3H3/q+1/t15?,16-,17-,18+,20-,21+/m0/s1. The third-order valence-electron chi connectivity index (χ3n) is 6.65. The fourth-order valence-electron chi connectivity index (χ4n) is 5.01. The largest absolute Gasteiger partial charge is 0.466 e. The van der Waals surface area contributed by atoms with Gasteiger partial charge in [0.15, 0.2) is 0 Å². The minimum atomic E-state index is -0.626. The fourth-order valence-corrected chi connectivity index (χ4v) is 5.01. The summed E-state index contributed by atoms with van der Waals surface area (Å²) in [5, 5.41) is 0. The summed E-state index contributed by atoms with van der Waals surface area (Å²) < 4.78 is 17.9. The molecule has 1 aromatic rings. The zero-order valence-electron chi connectivity index (χ0n) is 16.9. The van der Waals surface area contributed by atoms with Gasteiger partial charge in [0.1, 0.15) is 30.4 Å². The molecule has 0 amide bonds.